The molecule has 5 nitrogen and oxygen atoms in total. The maximum absolute atomic E-state index is 11.5. The van der Waals surface area contributed by atoms with E-state index in [1.165, 1.54) is 0 Å². The van der Waals surface area contributed by atoms with Crippen LogP contribution in [0.3, 0.4) is 0 Å². The van der Waals surface area contributed by atoms with Crippen LogP contribution in [0.15, 0.2) is 18.2 Å². The number of benzene rings is 1. The minimum Gasteiger partial charge on any atom is -0.493 e. The maximum atomic E-state index is 11.5. The van der Waals surface area contributed by atoms with Gasteiger partial charge in [-0.15, -0.1) is 0 Å². The SMILES string of the molecule is COc1ccc(CN2CCC(=O)C2=O)cc1OC. The summed E-state index contributed by atoms with van der Waals surface area (Å²) in [6.45, 7) is 0.914. The van der Waals surface area contributed by atoms with Gasteiger partial charge in [0, 0.05) is 19.5 Å². The number of rotatable bonds is 4. The molecule has 0 aromatic heterocycles. The molecular weight excluding hydrogens is 234 g/mol. The molecule has 1 aromatic rings. The second-order valence-electron chi connectivity index (χ2n) is 4.09. The van der Waals surface area contributed by atoms with Gasteiger partial charge in [-0.2, -0.15) is 0 Å². The van der Waals surface area contributed by atoms with Gasteiger partial charge in [-0.25, -0.2) is 0 Å². The van der Waals surface area contributed by atoms with Gasteiger partial charge in [0.05, 0.1) is 14.2 Å². The van der Waals surface area contributed by atoms with E-state index in [0.29, 0.717) is 31.0 Å². The Hall–Kier alpha value is -2.04. The van der Waals surface area contributed by atoms with Crippen LogP contribution in [-0.2, 0) is 16.1 Å². The van der Waals surface area contributed by atoms with Crippen molar-refractivity contribution in [1.29, 1.82) is 0 Å². The van der Waals surface area contributed by atoms with Crippen molar-refractivity contribution in [3.05, 3.63) is 23.8 Å². The number of hydrogen-bond donors (Lipinski definition) is 0. The van der Waals surface area contributed by atoms with Gasteiger partial charge in [-0.3, -0.25) is 9.59 Å². The lowest BCUT2D eigenvalue weighted by Gasteiger charge is -2.16. The molecular formula is C13H15NO4. The number of likely N-dealkylation sites (tertiary alicyclic amines) is 1. The first-order chi connectivity index (χ1) is 8.65. The summed E-state index contributed by atoms with van der Waals surface area (Å²) >= 11 is 0. The molecule has 1 aromatic carbocycles. The quantitative estimate of drug-likeness (QED) is 0.747. The molecule has 18 heavy (non-hydrogen) atoms. The van der Waals surface area contributed by atoms with E-state index in [9.17, 15) is 9.59 Å². The third kappa shape index (κ3) is 2.30. The van der Waals surface area contributed by atoms with Crippen LogP contribution in [0.4, 0.5) is 0 Å². The van der Waals surface area contributed by atoms with Crippen molar-refractivity contribution < 1.29 is 19.1 Å². The highest BCUT2D eigenvalue weighted by atomic mass is 16.5. The molecule has 0 saturated carbocycles. The van der Waals surface area contributed by atoms with Crippen molar-refractivity contribution in [2.45, 2.75) is 13.0 Å². The number of ether oxygens (including phenoxy) is 2. The fourth-order valence-electron chi connectivity index (χ4n) is 1.97. The van der Waals surface area contributed by atoms with Crippen LogP contribution in [-0.4, -0.2) is 37.4 Å². The fourth-order valence-corrected chi connectivity index (χ4v) is 1.97. The van der Waals surface area contributed by atoms with Crippen LogP contribution >= 0.6 is 0 Å². The first-order valence-corrected chi connectivity index (χ1v) is 5.68. The highest BCUT2D eigenvalue weighted by molar-refractivity contribution is 6.37. The molecule has 0 bridgehead atoms. The lowest BCUT2D eigenvalue weighted by Crippen LogP contribution is -2.26. The summed E-state index contributed by atoms with van der Waals surface area (Å²) in [6, 6.07) is 5.46. The molecule has 0 aliphatic carbocycles. The average Bonchev–Trinajstić information content (AvgIpc) is 2.70. The normalized spacial score (nSPS) is 15.1. The molecule has 5 heteroatoms. The summed E-state index contributed by atoms with van der Waals surface area (Å²) < 4.78 is 10.3. The maximum Gasteiger partial charge on any atom is 0.290 e. The minimum absolute atomic E-state index is 0.310. The first kappa shape index (κ1) is 12.4. The fraction of sp³-hybridized carbons (Fsp3) is 0.385. The summed E-state index contributed by atoms with van der Waals surface area (Å²) in [5.74, 6) is 0.554. The predicted molar refractivity (Wildman–Crippen MR) is 64.6 cm³/mol. The molecule has 96 valence electrons. The van der Waals surface area contributed by atoms with E-state index in [2.05, 4.69) is 0 Å². The van der Waals surface area contributed by atoms with Crippen LogP contribution < -0.4 is 9.47 Å². The Morgan fingerprint density at radius 1 is 1.17 bits per heavy atom. The van der Waals surface area contributed by atoms with Crippen molar-refractivity contribution in [3.8, 4) is 11.5 Å². The molecule has 0 unspecified atom stereocenters. The number of Topliss-reactive ketones (excluding diaryl/α,β-unsaturated/α-hetero) is 1. The van der Waals surface area contributed by atoms with E-state index in [-0.39, 0.29) is 5.78 Å². The zero-order chi connectivity index (χ0) is 13.1. The standard InChI is InChI=1S/C13H15NO4/c1-17-11-4-3-9(7-12(11)18-2)8-14-6-5-10(15)13(14)16/h3-4,7H,5-6,8H2,1-2H3. The van der Waals surface area contributed by atoms with Crippen molar-refractivity contribution in [1.82, 2.24) is 4.90 Å². The summed E-state index contributed by atoms with van der Waals surface area (Å²) in [5.41, 5.74) is 0.913. The van der Waals surface area contributed by atoms with Gasteiger partial charge in [0.15, 0.2) is 11.5 Å². The van der Waals surface area contributed by atoms with E-state index in [1.54, 1.807) is 25.2 Å². The Morgan fingerprint density at radius 2 is 1.89 bits per heavy atom. The summed E-state index contributed by atoms with van der Waals surface area (Å²) in [6.07, 6.45) is 0.312. The van der Waals surface area contributed by atoms with E-state index in [1.807, 2.05) is 12.1 Å². The van der Waals surface area contributed by atoms with Gasteiger partial charge in [0.2, 0.25) is 5.78 Å². The zero-order valence-corrected chi connectivity index (χ0v) is 10.4. The summed E-state index contributed by atoms with van der Waals surface area (Å²) in [5, 5.41) is 0. The highest BCUT2D eigenvalue weighted by Gasteiger charge is 2.29. The number of ketones is 1. The number of amides is 1. The van der Waals surface area contributed by atoms with Gasteiger partial charge in [0.1, 0.15) is 0 Å². The van der Waals surface area contributed by atoms with Crippen molar-refractivity contribution in [2.24, 2.45) is 0 Å². The molecule has 1 aliphatic heterocycles. The average molecular weight is 249 g/mol. The number of methoxy groups -OCH3 is 2. The number of carbonyl (C=O) groups excluding carboxylic acids is 2. The topological polar surface area (TPSA) is 55.8 Å². The lowest BCUT2D eigenvalue weighted by atomic mass is 10.2. The predicted octanol–water partition coefficient (Wildman–Crippen LogP) is 1.01. The van der Waals surface area contributed by atoms with Crippen LogP contribution in [0.25, 0.3) is 0 Å². The van der Waals surface area contributed by atoms with E-state index in [4.69, 9.17) is 9.47 Å². The third-order valence-corrected chi connectivity index (χ3v) is 2.96. The van der Waals surface area contributed by atoms with E-state index >= 15 is 0 Å². The Kier molecular flexibility index (Phi) is 3.50. The van der Waals surface area contributed by atoms with Gasteiger partial charge < -0.3 is 14.4 Å². The van der Waals surface area contributed by atoms with Gasteiger partial charge in [0.25, 0.3) is 5.91 Å². The third-order valence-electron chi connectivity index (χ3n) is 2.96. The Bertz CT molecular complexity index is 484. The first-order valence-electron chi connectivity index (χ1n) is 5.68. The van der Waals surface area contributed by atoms with Crippen LogP contribution in [0, 0.1) is 0 Å². The largest absolute Gasteiger partial charge is 0.493 e. The summed E-state index contributed by atoms with van der Waals surface area (Å²) in [7, 11) is 3.13. The molecule has 1 fully saturated rings. The van der Waals surface area contributed by atoms with E-state index in [0.717, 1.165) is 5.56 Å². The van der Waals surface area contributed by atoms with Gasteiger partial charge >= 0.3 is 0 Å². The summed E-state index contributed by atoms with van der Waals surface area (Å²) in [4.78, 5) is 24.2. The van der Waals surface area contributed by atoms with Gasteiger partial charge in [-0.05, 0) is 17.7 Å². The molecule has 0 radical (unpaired) electrons. The van der Waals surface area contributed by atoms with E-state index < -0.39 is 5.91 Å². The van der Waals surface area contributed by atoms with Gasteiger partial charge in [-0.1, -0.05) is 6.07 Å². The molecule has 0 N–H and O–H groups in total. The van der Waals surface area contributed by atoms with Crippen LogP contribution in [0.1, 0.15) is 12.0 Å². The Labute approximate surface area is 105 Å². The van der Waals surface area contributed by atoms with Crippen LogP contribution in [0.2, 0.25) is 0 Å². The molecule has 0 atom stereocenters. The molecule has 1 amide bonds. The van der Waals surface area contributed by atoms with Crippen molar-refractivity contribution in [2.75, 3.05) is 20.8 Å². The Balaban J connectivity index is 2.15. The number of carbonyl (C=O) groups is 2. The molecule has 2 rings (SSSR count). The number of hydrogen-bond acceptors (Lipinski definition) is 4. The second kappa shape index (κ2) is 5.08. The van der Waals surface area contributed by atoms with Crippen molar-refractivity contribution in [3.63, 3.8) is 0 Å². The molecule has 1 aliphatic rings. The second-order valence-corrected chi connectivity index (χ2v) is 4.09. The number of nitrogens with zero attached hydrogens (tertiary/aromatic N) is 1. The zero-order valence-electron chi connectivity index (χ0n) is 10.4. The smallest absolute Gasteiger partial charge is 0.290 e. The highest BCUT2D eigenvalue weighted by Crippen LogP contribution is 2.28. The van der Waals surface area contributed by atoms with Crippen molar-refractivity contribution >= 4 is 11.7 Å². The lowest BCUT2D eigenvalue weighted by molar-refractivity contribution is -0.140. The molecule has 1 saturated heterocycles. The van der Waals surface area contributed by atoms with Crippen LogP contribution in [0.5, 0.6) is 11.5 Å². The monoisotopic (exact) mass is 249 g/mol. The molecule has 0 spiro atoms. The molecule has 1 heterocycles. The minimum atomic E-state index is -0.398. The Morgan fingerprint density at radius 3 is 2.44 bits per heavy atom.